The zero-order chi connectivity index (χ0) is 13.8. The Hall–Kier alpha value is -1.36. The molecule has 104 valence electrons. The summed E-state index contributed by atoms with van der Waals surface area (Å²) in [4.78, 5) is 19.6. The Kier molecular flexibility index (Phi) is 4.58. The van der Waals surface area contributed by atoms with E-state index in [-0.39, 0.29) is 11.8 Å². The van der Waals surface area contributed by atoms with E-state index in [0.29, 0.717) is 11.2 Å². The fourth-order valence-corrected chi connectivity index (χ4v) is 2.63. The van der Waals surface area contributed by atoms with E-state index in [2.05, 4.69) is 15.3 Å². The van der Waals surface area contributed by atoms with E-state index in [4.69, 9.17) is 17.3 Å². The lowest BCUT2D eigenvalue weighted by molar-refractivity contribution is -0.122. The molecule has 1 heterocycles. The second-order valence-electron chi connectivity index (χ2n) is 4.94. The average Bonchev–Trinajstić information content (AvgIpc) is 2.38. The van der Waals surface area contributed by atoms with Crippen LogP contribution in [0, 0.1) is 5.92 Å². The van der Waals surface area contributed by atoms with Crippen LogP contribution >= 0.6 is 11.6 Å². The van der Waals surface area contributed by atoms with E-state index >= 15 is 0 Å². The van der Waals surface area contributed by atoms with Gasteiger partial charge in [-0.05, 0) is 25.7 Å². The highest BCUT2D eigenvalue weighted by molar-refractivity contribution is 6.29. The maximum absolute atomic E-state index is 11.1. The van der Waals surface area contributed by atoms with E-state index in [1.165, 1.54) is 0 Å². The lowest BCUT2D eigenvalue weighted by Crippen LogP contribution is -2.32. The molecular weight excluding hydrogens is 264 g/mol. The Labute approximate surface area is 118 Å². The predicted molar refractivity (Wildman–Crippen MR) is 75.0 cm³/mol. The zero-order valence-electron chi connectivity index (χ0n) is 11.0. The number of anilines is 1. The van der Waals surface area contributed by atoms with Crippen molar-refractivity contribution in [3.05, 3.63) is 17.0 Å². The first-order valence-electron chi connectivity index (χ1n) is 6.67. The van der Waals surface area contributed by atoms with E-state index in [0.717, 1.165) is 43.7 Å². The van der Waals surface area contributed by atoms with Gasteiger partial charge in [0.25, 0.3) is 0 Å². The molecule has 1 aliphatic rings. The minimum atomic E-state index is -0.184. The topological polar surface area (TPSA) is 80.9 Å². The third kappa shape index (κ3) is 3.80. The monoisotopic (exact) mass is 282 g/mol. The number of aryl methyl sites for hydroxylation is 1. The summed E-state index contributed by atoms with van der Waals surface area (Å²) in [6, 6.07) is 2.06. The fourth-order valence-electron chi connectivity index (χ4n) is 2.43. The number of primary amides is 1. The smallest absolute Gasteiger partial charge is 0.220 e. The highest BCUT2D eigenvalue weighted by Gasteiger charge is 2.24. The molecule has 1 aromatic heterocycles. The van der Waals surface area contributed by atoms with Crippen molar-refractivity contribution >= 4 is 23.3 Å². The molecule has 0 aliphatic heterocycles. The van der Waals surface area contributed by atoms with Crippen LogP contribution in [0.25, 0.3) is 0 Å². The first kappa shape index (κ1) is 14.1. The van der Waals surface area contributed by atoms with Gasteiger partial charge in [0, 0.05) is 24.4 Å². The molecule has 0 unspecified atom stereocenters. The molecule has 0 radical (unpaired) electrons. The summed E-state index contributed by atoms with van der Waals surface area (Å²) in [6.07, 6.45) is 4.29. The summed E-state index contributed by atoms with van der Waals surface area (Å²) in [6.45, 7) is 1.99. The van der Waals surface area contributed by atoms with E-state index < -0.39 is 0 Å². The van der Waals surface area contributed by atoms with Gasteiger partial charge in [-0.25, -0.2) is 9.97 Å². The summed E-state index contributed by atoms with van der Waals surface area (Å²) in [7, 11) is 0. The number of hydrogen-bond acceptors (Lipinski definition) is 4. The largest absolute Gasteiger partial charge is 0.369 e. The highest BCUT2D eigenvalue weighted by atomic mass is 35.5. The van der Waals surface area contributed by atoms with Crippen molar-refractivity contribution in [2.24, 2.45) is 11.7 Å². The molecule has 1 amide bonds. The molecular formula is C13H19ClN4O. The Morgan fingerprint density at radius 2 is 2.11 bits per heavy atom. The lowest BCUT2D eigenvalue weighted by atomic mass is 9.85. The van der Waals surface area contributed by atoms with Crippen LogP contribution < -0.4 is 11.1 Å². The molecule has 1 aliphatic carbocycles. The number of halogens is 1. The first-order chi connectivity index (χ1) is 9.08. The van der Waals surface area contributed by atoms with Crippen molar-refractivity contribution in [1.82, 2.24) is 9.97 Å². The van der Waals surface area contributed by atoms with Gasteiger partial charge in [0.1, 0.15) is 16.8 Å². The van der Waals surface area contributed by atoms with Crippen molar-refractivity contribution in [1.29, 1.82) is 0 Å². The number of nitrogens with one attached hydrogen (secondary N) is 1. The van der Waals surface area contributed by atoms with Crippen molar-refractivity contribution in [2.45, 2.75) is 45.1 Å². The summed E-state index contributed by atoms with van der Waals surface area (Å²) < 4.78 is 0. The molecule has 2 rings (SSSR count). The first-order valence-corrected chi connectivity index (χ1v) is 7.05. The number of carbonyl (C=O) groups is 1. The van der Waals surface area contributed by atoms with Crippen LogP contribution in [0.4, 0.5) is 5.82 Å². The normalized spacial score (nSPS) is 23.1. The van der Waals surface area contributed by atoms with Gasteiger partial charge in [-0.1, -0.05) is 18.5 Å². The van der Waals surface area contributed by atoms with Crippen molar-refractivity contribution < 1.29 is 4.79 Å². The second-order valence-corrected chi connectivity index (χ2v) is 5.33. The molecule has 3 N–H and O–H groups in total. The van der Waals surface area contributed by atoms with Crippen LogP contribution in [0.5, 0.6) is 0 Å². The van der Waals surface area contributed by atoms with Gasteiger partial charge in [0.15, 0.2) is 0 Å². The Morgan fingerprint density at radius 1 is 1.42 bits per heavy atom. The molecule has 0 bridgehead atoms. The van der Waals surface area contributed by atoms with E-state index in [9.17, 15) is 4.79 Å². The number of aromatic nitrogens is 2. The maximum Gasteiger partial charge on any atom is 0.220 e. The Balaban J connectivity index is 1.95. The summed E-state index contributed by atoms with van der Waals surface area (Å²) in [5.41, 5.74) is 5.33. The average molecular weight is 283 g/mol. The van der Waals surface area contributed by atoms with Crippen LogP contribution in [-0.4, -0.2) is 21.9 Å². The molecule has 0 atom stereocenters. The summed E-state index contributed by atoms with van der Waals surface area (Å²) >= 11 is 5.96. The predicted octanol–water partition coefficient (Wildman–Crippen LogP) is 2.15. The Morgan fingerprint density at radius 3 is 2.68 bits per heavy atom. The number of rotatable bonds is 4. The molecule has 1 saturated carbocycles. The minimum absolute atomic E-state index is 0.0261. The maximum atomic E-state index is 11.1. The number of carbonyl (C=O) groups excluding carboxylic acids is 1. The second kappa shape index (κ2) is 6.19. The van der Waals surface area contributed by atoms with E-state index in [1.54, 1.807) is 6.07 Å². The van der Waals surface area contributed by atoms with Crippen molar-refractivity contribution in [3.63, 3.8) is 0 Å². The summed E-state index contributed by atoms with van der Waals surface area (Å²) in [5.74, 6) is 1.34. The number of nitrogens with zero attached hydrogens (tertiary/aromatic N) is 2. The van der Waals surface area contributed by atoms with Gasteiger partial charge in [-0.3, -0.25) is 4.79 Å². The lowest BCUT2D eigenvalue weighted by Gasteiger charge is -2.27. The van der Waals surface area contributed by atoms with Gasteiger partial charge >= 0.3 is 0 Å². The van der Waals surface area contributed by atoms with Crippen molar-refractivity contribution in [2.75, 3.05) is 5.32 Å². The summed E-state index contributed by atoms with van der Waals surface area (Å²) in [5, 5.41) is 3.83. The molecule has 0 saturated heterocycles. The van der Waals surface area contributed by atoms with Gasteiger partial charge in [0.2, 0.25) is 5.91 Å². The molecule has 1 aromatic rings. The molecule has 0 spiro atoms. The van der Waals surface area contributed by atoms with Crippen LogP contribution in [0.3, 0.4) is 0 Å². The van der Waals surface area contributed by atoms with Crippen molar-refractivity contribution in [3.8, 4) is 0 Å². The van der Waals surface area contributed by atoms with Crippen LogP contribution in [-0.2, 0) is 11.2 Å². The van der Waals surface area contributed by atoms with Crippen LogP contribution in [0.2, 0.25) is 5.15 Å². The third-order valence-electron chi connectivity index (χ3n) is 3.54. The molecule has 19 heavy (non-hydrogen) atoms. The van der Waals surface area contributed by atoms with Gasteiger partial charge < -0.3 is 11.1 Å². The molecule has 0 aromatic carbocycles. The molecule has 1 fully saturated rings. The van der Waals surface area contributed by atoms with Gasteiger partial charge in [0.05, 0.1) is 0 Å². The number of hydrogen-bond donors (Lipinski definition) is 2. The zero-order valence-corrected chi connectivity index (χ0v) is 11.8. The fraction of sp³-hybridized carbons (Fsp3) is 0.615. The quantitative estimate of drug-likeness (QED) is 0.829. The molecule has 5 nitrogen and oxygen atoms in total. The standard InChI is InChI=1S/C13H19ClN4O/c1-2-11-17-10(14)7-12(18-11)16-9-5-3-8(4-6-9)13(15)19/h7-9H,2-6H2,1H3,(H2,15,19)(H,16,17,18). The third-order valence-corrected chi connectivity index (χ3v) is 3.73. The highest BCUT2D eigenvalue weighted by Crippen LogP contribution is 2.26. The van der Waals surface area contributed by atoms with E-state index in [1.807, 2.05) is 6.92 Å². The number of nitrogens with two attached hydrogens (primary N) is 1. The van der Waals surface area contributed by atoms with Gasteiger partial charge in [-0.2, -0.15) is 0 Å². The SMILES string of the molecule is CCc1nc(Cl)cc(NC2CCC(C(N)=O)CC2)n1. The number of amides is 1. The van der Waals surface area contributed by atoms with Crippen LogP contribution in [0.1, 0.15) is 38.4 Å². The Bertz CT molecular complexity index is 458. The molecule has 6 heteroatoms. The van der Waals surface area contributed by atoms with Gasteiger partial charge in [-0.15, -0.1) is 0 Å². The minimum Gasteiger partial charge on any atom is -0.369 e. The van der Waals surface area contributed by atoms with Crippen LogP contribution in [0.15, 0.2) is 6.07 Å².